The zero-order chi connectivity index (χ0) is 27.0. The molecule has 0 fully saturated rings. The monoisotopic (exact) mass is 547 g/mol. The van der Waals surface area contributed by atoms with Gasteiger partial charge < -0.3 is 10.2 Å². The van der Waals surface area contributed by atoms with Crippen LogP contribution in [0.3, 0.4) is 0 Å². The fourth-order valence-corrected chi connectivity index (χ4v) is 4.72. The largest absolute Gasteiger partial charge is 0.416 e. The third-order valence-corrected chi connectivity index (χ3v) is 6.67. The van der Waals surface area contributed by atoms with Gasteiger partial charge in [0, 0.05) is 5.56 Å². The first kappa shape index (κ1) is 26.3. The van der Waals surface area contributed by atoms with Gasteiger partial charge in [0.25, 0.3) is 5.91 Å². The molecule has 3 aromatic rings. The van der Waals surface area contributed by atoms with Gasteiger partial charge >= 0.3 is 6.18 Å². The Morgan fingerprint density at radius 3 is 2.46 bits per heavy atom. The highest BCUT2D eigenvalue weighted by atomic mass is 32.2. The van der Waals surface area contributed by atoms with E-state index in [0.717, 1.165) is 11.6 Å². The lowest BCUT2D eigenvalue weighted by Gasteiger charge is -2.20. The maximum absolute atomic E-state index is 13.5. The molecule has 0 spiro atoms. The number of nitrogens with one attached hydrogen (secondary N) is 2. The smallest absolute Gasteiger partial charge is 0.330 e. The Kier molecular flexibility index (Phi) is 7.04. The molecule has 192 valence electrons. The predicted molar refractivity (Wildman–Crippen MR) is 138 cm³/mol. The molecule has 0 unspecified atom stereocenters. The number of hydrogen-bond acceptors (Lipinski definition) is 5. The molecule has 0 radical (unpaired) electrons. The fraction of sp³-hybridized carbons (Fsp3) is 0.125. The lowest BCUT2D eigenvalue weighted by atomic mass is 10.1. The van der Waals surface area contributed by atoms with Crippen LogP contribution in [0, 0.1) is 6.92 Å². The number of carbonyl (C=O) groups is 1. The Labute approximate surface area is 216 Å². The highest BCUT2D eigenvalue weighted by molar-refractivity contribution is 7.89. The molecule has 37 heavy (non-hydrogen) atoms. The second kappa shape index (κ2) is 9.92. The summed E-state index contributed by atoms with van der Waals surface area (Å²) < 4.78 is 64.2. The first-order valence-corrected chi connectivity index (χ1v) is 12.7. The van der Waals surface area contributed by atoms with Crippen LogP contribution in [-0.2, 0) is 27.5 Å². The minimum Gasteiger partial charge on any atom is -0.330 e. The van der Waals surface area contributed by atoms with Crippen LogP contribution in [0.5, 0.6) is 0 Å². The van der Waals surface area contributed by atoms with E-state index in [1.807, 2.05) is 0 Å². The van der Waals surface area contributed by atoms with Crippen molar-refractivity contribution in [1.82, 2.24) is 5.43 Å². The van der Waals surface area contributed by atoms with E-state index in [-0.39, 0.29) is 33.5 Å². The number of carbonyl (C=O) groups excluding carboxylic acids is 1. The quantitative estimate of drug-likeness (QED) is 0.330. The molecule has 1 heterocycles. The van der Waals surface area contributed by atoms with E-state index in [2.05, 4.69) is 15.8 Å². The van der Waals surface area contributed by atoms with Gasteiger partial charge in [-0.3, -0.25) is 10.2 Å². The number of primary sulfonamides is 1. The molecule has 1 amide bonds. The normalized spacial score (nSPS) is 14.6. The Hall–Kier alpha value is -3.81. The third kappa shape index (κ3) is 5.63. The minimum absolute atomic E-state index is 0.0629. The van der Waals surface area contributed by atoms with Crippen molar-refractivity contribution in [3.63, 3.8) is 0 Å². The number of anilines is 2. The van der Waals surface area contributed by atoms with Crippen LogP contribution in [-0.4, -0.2) is 25.1 Å². The van der Waals surface area contributed by atoms with Crippen molar-refractivity contribution in [2.24, 2.45) is 10.2 Å². The summed E-state index contributed by atoms with van der Waals surface area (Å²) in [6.45, 7) is 1.47. The van der Waals surface area contributed by atoms with Gasteiger partial charge in [0.1, 0.15) is 4.90 Å². The van der Waals surface area contributed by atoms with Gasteiger partial charge in [-0.1, -0.05) is 42.0 Å². The zero-order valence-electron chi connectivity index (χ0n) is 19.2. The van der Waals surface area contributed by atoms with Crippen LogP contribution in [0.4, 0.5) is 24.5 Å². The van der Waals surface area contributed by atoms with Gasteiger partial charge in [-0.25, -0.2) is 13.6 Å². The standard InChI is InChI=1S/C24H20F3N5O3S2/c1-14-10-11-19-16(12-14)21(22(33)32(19)13-15-6-2-3-7-17(15)24(25,26)27)30-31-23(36)29-18-8-4-5-9-20(18)37(28,34)35/h2-12H,13H2,1H3,(H2,28,34,35)(H2,29,31,36). The summed E-state index contributed by atoms with van der Waals surface area (Å²) in [5.41, 5.74) is 3.25. The summed E-state index contributed by atoms with van der Waals surface area (Å²) in [6, 6.07) is 15.9. The Morgan fingerprint density at radius 2 is 1.76 bits per heavy atom. The van der Waals surface area contributed by atoms with Gasteiger partial charge in [0.05, 0.1) is 23.5 Å². The van der Waals surface area contributed by atoms with Crippen LogP contribution in [0.1, 0.15) is 22.3 Å². The number of halogens is 3. The predicted octanol–water partition coefficient (Wildman–Crippen LogP) is 3.90. The van der Waals surface area contributed by atoms with Crippen molar-refractivity contribution in [3.8, 4) is 0 Å². The Morgan fingerprint density at radius 1 is 1.08 bits per heavy atom. The van der Waals surface area contributed by atoms with Crippen LogP contribution < -0.4 is 20.8 Å². The summed E-state index contributed by atoms with van der Waals surface area (Å²) in [6.07, 6.45) is -4.58. The third-order valence-electron chi connectivity index (χ3n) is 5.51. The lowest BCUT2D eigenvalue weighted by Crippen LogP contribution is -2.33. The maximum atomic E-state index is 13.5. The Balaban J connectivity index is 1.63. The lowest BCUT2D eigenvalue weighted by molar-refractivity contribution is -0.138. The van der Waals surface area contributed by atoms with Crippen LogP contribution >= 0.6 is 12.2 Å². The van der Waals surface area contributed by atoms with Crippen LogP contribution in [0.2, 0.25) is 0 Å². The number of aryl methyl sites for hydroxylation is 1. The van der Waals surface area contributed by atoms with E-state index in [9.17, 15) is 26.4 Å². The molecule has 0 bridgehead atoms. The molecule has 0 aliphatic carbocycles. The fourth-order valence-electron chi connectivity index (χ4n) is 3.87. The van der Waals surface area contributed by atoms with E-state index in [1.54, 1.807) is 31.2 Å². The number of nitrogens with zero attached hydrogens (tertiary/aromatic N) is 2. The van der Waals surface area contributed by atoms with Gasteiger partial charge in [-0.2, -0.15) is 18.3 Å². The summed E-state index contributed by atoms with van der Waals surface area (Å²) in [4.78, 5) is 14.3. The molecule has 0 saturated heterocycles. The summed E-state index contributed by atoms with van der Waals surface area (Å²) in [7, 11) is -4.04. The maximum Gasteiger partial charge on any atom is 0.416 e. The molecule has 1 aliphatic heterocycles. The topological polar surface area (TPSA) is 117 Å². The van der Waals surface area contributed by atoms with E-state index in [4.69, 9.17) is 17.4 Å². The van der Waals surface area contributed by atoms with Crippen molar-refractivity contribution >= 4 is 50.3 Å². The zero-order valence-corrected chi connectivity index (χ0v) is 20.8. The van der Waals surface area contributed by atoms with Gasteiger partial charge in [-0.05, 0) is 55.0 Å². The van der Waals surface area contributed by atoms with Crippen molar-refractivity contribution in [2.45, 2.75) is 24.5 Å². The average molecular weight is 548 g/mol. The van der Waals surface area contributed by atoms with Crippen molar-refractivity contribution in [2.75, 3.05) is 10.2 Å². The molecule has 4 N–H and O–H groups in total. The molecule has 13 heteroatoms. The second-order valence-corrected chi connectivity index (χ2v) is 10.1. The number of amides is 1. The average Bonchev–Trinajstić information content (AvgIpc) is 3.07. The minimum atomic E-state index is -4.58. The van der Waals surface area contributed by atoms with E-state index >= 15 is 0 Å². The molecular weight excluding hydrogens is 527 g/mol. The number of thiocarbonyl (C=S) groups is 1. The molecule has 0 saturated carbocycles. The van der Waals surface area contributed by atoms with Crippen molar-refractivity contribution < 1.29 is 26.4 Å². The Bertz CT molecular complexity index is 1540. The number of hydrogen-bond donors (Lipinski definition) is 3. The summed E-state index contributed by atoms with van der Waals surface area (Å²) in [5, 5.41) is 11.9. The van der Waals surface area contributed by atoms with Crippen molar-refractivity contribution in [1.29, 1.82) is 0 Å². The first-order valence-electron chi connectivity index (χ1n) is 10.7. The van der Waals surface area contributed by atoms with E-state index < -0.39 is 27.7 Å². The van der Waals surface area contributed by atoms with Gasteiger partial charge in [-0.15, -0.1) is 0 Å². The number of fused-ring (bicyclic) bond motifs is 1. The second-order valence-electron chi connectivity index (χ2n) is 8.13. The number of rotatable bonds is 5. The van der Waals surface area contributed by atoms with E-state index in [1.165, 1.54) is 41.3 Å². The van der Waals surface area contributed by atoms with Crippen molar-refractivity contribution in [3.05, 3.63) is 89.0 Å². The summed E-state index contributed by atoms with van der Waals surface area (Å²) in [5.74, 6) is -0.627. The molecular formula is C24H20F3N5O3S2. The molecule has 1 aliphatic rings. The molecule has 3 aromatic carbocycles. The summed E-state index contributed by atoms with van der Waals surface area (Å²) >= 11 is 5.19. The van der Waals surface area contributed by atoms with E-state index in [0.29, 0.717) is 11.3 Å². The molecule has 4 rings (SSSR count). The highest BCUT2D eigenvalue weighted by Crippen LogP contribution is 2.36. The van der Waals surface area contributed by atoms with Crippen LogP contribution in [0.15, 0.2) is 76.7 Å². The number of benzene rings is 3. The van der Waals surface area contributed by atoms with Crippen LogP contribution in [0.25, 0.3) is 0 Å². The number of hydrazone groups is 1. The number of nitrogens with two attached hydrogens (primary N) is 1. The highest BCUT2D eigenvalue weighted by Gasteiger charge is 2.38. The molecule has 8 nitrogen and oxygen atoms in total. The number of alkyl halides is 3. The number of para-hydroxylation sites is 1. The number of sulfonamides is 1. The molecule has 0 atom stereocenters. The van der Waals surface area contributed by atoms with Gasteiger partial charge in [0.15, 0.2) is 10.8 Å². The molecule has 0 aromatic heterocycles. The first-order chi connectivity index (χ1) is 17.4. The SMILES string of the molecule is Cc1ccc2c(c1)C(=NNC(=S)Nc1ccccc1S(N)(=O)=O)C(=O)N2Cc1ccccc1C(F)(F)F. The van der Waals surface area contributed by atoms with Gasteiger partial charge in [0.2, 0.25) is 10.0 Å².